The fourth-order valence-corrected chi connectivity index (χ4v) is 3.14. The van der Waals surface area contributed by atoms with E-state index in [1.807, 2.05) is 62.4 Å². The Hall–Kier alpha value is -1.35. The molecule has 0 aliphatic rings. The second-order valence-electron chi connectivity index (χ2n) is 4.45. The fraction of sp³-hybridized carbons (Fsp3) is 0.200. The Kier molecular flexibility index (Phi) is 4.81. The van der Waals surface area contributed by atoms with E-state index >= 15 is 0 Å². The van der Waals surface area contributed by atoms with Crippen LogP contribution in [0.3, 0.4) is 0 Å². The maximum Gasteiger partial charge on any atom is 0.434 e. The zero-order valence-corrected chi connectivity index (χ0v) is 13.4. The average molecular weight is 308 g/mol. The average Bonchev–Trinajstić information content (AvgIpc) is 2.38. The van der Waals surface area contributed by atoms with Crippen LogP contribution < -0.4 is 9.05 Å². The number of hydrogen-bond acceptors (Lipinski definition) is 4. The molecule has 0 aliphatic heterocycles. The number of hydrogen-bond donors (Lipinski definition) is 0. The van der Waals surface area contributed by atoms with Gasteiger partial charge in [0, 0.05) is 18.9 Å². The summed E-state index contributed by atoms with van der Waals surface area (Å²) in [6.45, 7) is 1.13. The number of rotatable bonds is 5. The predicted octanol–water partition coefficient (Wildman–Crippen LogP) is 4.63. The first-order chi connectivity index (χ1) is 9.50. The van der Waals surface area contributed by atoms with Gasteiger partial charge in [-0.25, -0.2) is 0 Å². The zero-order valence-electron chi connectivity index (χ0n) is 11.7. The molecule has 3 nitrogen and oxygen atoms in total. The molecule has 0 saturated heterocycles. The van der Waals surface area contributed by atoms with E-state index < -0.39 is 6.72 Å². The van der Waals surface area contributed by atoms with Crippen LogP contribution in [0.4, 0.5) is 0 Å². The van der Waals surface area contributed by atoms with Crippen LogP contribution in [0.5, 0.6) is 11.5 Å². The summed E-state index contributed by atoms with van der Waals surface area (Å²) in [5.74, 6) is 1.31. The van der Waals surface area contributed by atoms with Crippen LogP contribution in [0.1, 0.15) is 11.1 Å². The molecule has 0 fully saturated rings. The van der Waals surface area contributed by atoms with Crippen LogP contribution in [0, 0.1) is 13.8 Å². The van der Waals surface area contributed by atoms with Crippen molar-refractivity contribution in [2.45, 2.75) is 13.8 Å². The van der Waals surface area contributed by atoms with E-state index in [9.17, 15) is 0 Å². The first-order valence-electron chi connectivity index (χ1n) is 6.19. The standard InChI is InChI=1S/C15H17O3PS/c1-12-6-4-8-14(10-12)17-19(20,16-3)18-15-9-5-7-13(2)11-15/h4-11H,1-3H3. The molecular weight excluding hydrogens is 291 g/mol. The van der Waals surface area contributed by atoms with Gasteiger partial charge < -0.3 is 9.05 Å². The molecule has 0 saturated carbocycles. The topological polar surface area (TPSA) is 27.7 Å². The van der Waals surface area contributed by atoms with Crippen LogP contribution in [-0.2, 0) is 16.3 Å². The van der Waals surface area contributed by atoms with E-state index in [2.05, 4.69) is 0 Å². The minimum atomic E-state index is -2.85. The van der Waals surface area contributed by atoms with Gasteiger partial charge in [-0.05, 0) is 49.2 Å². The Morgan fingerprint density at radius 1 is 0.850 bits per heavy atom. The van der Waals surface area contributed by atoms with E-state index in [-0.39, 0.29) is 0 Å². The Labute approximate surface area is 124 Å². The summed E-state index contributed by atoms with van der Waals surface area (Å²) in [7, 11) is 1.51. The van der Waals surface area contributed by atoms with Crippen molar-refractivity contribution in [2.24, 2.45) is 0 Å². The van der Waals surface area contributed by atoms with Crippen LogP contribution in [0.2, 0.25) is 0 Å². The number of benzene rings is 2. The summed E-state index contributed by atoms with van der Waals surface area (Å²) in [6.07, 6.45) is 0. The summed E-state index contributed by atoms with van der Waals surface area (Å²) in [5, 5.41) is 0. The molecule has 5 heteroatoms. The monoisotopic (exact) mass is 308 g/mol. The Bertz CT molecular complexity index is 591. The summed E-state index contributed by atoms with van der Waals surface area (Å²) in [5.41, 5.74) is 2.19. The lowest BCUT2D eigenvalue weighted by Crippen LogP contribution is -2.02. The molecule has 20 heavy (non-hydrogen) atoms. The molecule has 0 aromatic heterocycles. The highest BCUT2D eigenvalue weighted by molar-refractivity contribution is 8.07. The normalized spacial score (nSPS) is 11.2. The van der Waals surface area contributed by atoms with Crippen molar-refractivity contribution in [3.05, 3.63) is 59.7 Å². The molecule has 2 rings (SSSR count). The Balaban J connectivity index is 2.19. The second kappa shape index (κ2) is 6.40. The Morgan fingerprint density at radius 2 is 1.30 bits per heavy atom. The van der Waals surface area contributed by atoms with E-state index in [0.717, 1.165) is 11.1 Å². The van der Waals surface area contributed by atoms with E-state index in [4.69, 9.17) is 25.4 Å². The van der Waals surface area contributed by atoms with Crippen molar-refractivity contribution in [3.63, 3.8) is 0 Å². The van der Waals surface area contributed by atoms with Crippen LogP contribution >= 0.6 is 6.72 Å². The minimum Gasteiger partial charge on any atom is -0.416 e. The summed E-state index contributed by atoms with van der Waals surface area (Å²) < 4.78 is 16.8. The summed E-state index contributed by atoms with van der Waals surface area (Å²) in [4.78, 5) is 0. The smallest absolute Gasteiger partial charge is 0.416 e. The van der Waals surface area contributed by atoms with Gasteiger partial charge in [-0.1, -0.05) is 24.3 Å². The van der Waals surface area contributed by atoms with Crippen molar-refractivity contribution in [2.75, 3.05) is 7.11 Å². The van der Waals surface area contributed by atoms with Crippen LogP contribution in [-0.4, -0.2) is 7.11 Å². The van der Waals surface area contributed by atoms with Crippen molar-refractivity contribution in [3.8, 4) is 11.5 Å². The molecule has 106 valence electrons. The molecule has 0 radical (unpaired) electrons. The molecule has 0 heterocycles. The first-order valence-corrected chi connectivity index (χ1v) is 8.75. The lowest BCUT2D eigenvalue weighted by atomic mass is 10.2. The first kappa shape index (κ1) is 15.0. The second-order valence-corrected chi connectivity index (χ2v) is 7.41. The molecular formula is C15H17O3PS. The van der Waals surface area contributed by atoms with E-state index in [0.29, 0.717) is 11.5 Å². The summed E-state index contributed by atoms with van der Waals surface area (Å²) >= 11 is 5.40. The third-order valence-corrected chi connectivity index (χ3v) is 4.85. The molecule has 0 amide bonds. The number of aryl methyl sites for hydroxylation is 2. The SMILES string of the molecule is COP(=S)(Oc1cccc(C)c1)Oc1cccc(C)c1. The van der Waals surface area contributed by atoms with Gasteiger partial charge in [0.15, 0.2) is 0 Å². The van der Waals surface area contributed by atoms with E-state index in [1.165, 1.54) is 7.11 Å². The van der Waals surface area contributed by atoms with Crippen molar-refractivity contribution in [1.29, 1.82) is 0 Å². The zero-order chi connectivity index (χ0) is 14.6. The molecule has 2 aromatic rings. The molecule has 0 aliphatic carbocycles. The Morgan fingerprint density at radius 3 is 1.65 bits per heavy atom. The van der Waals surface area contributed by atoms with Crippen molar-refractivity contribution < 1.29 is 13.6 Å². The summed E-state index contributed by atoms with van der Waals surface area (Å²) in [6, 6.07) is 15.3. The molecule has 0 spiro atoms. The molecule has 2 aromatic carbocycles. The maximum absolute atomic E-state index is 5.76. The largest absolute Gasteiger partial charge is 0.434 e. The van der Waals surface area contributed by atoms with Crippen molar-refractivity contribution in [1.82, 2.24) is 0 Å². The van der Waals surface area contributed by atoms with Gasteiger partial charge >= 0.3 is 6.72 Å². The minimum absolute atomic E-state index is 0.655. The van der Waals surface area contributed by atoms with Gasteiger partial charge in [-0.15, -0.1) is 0 Å². The van der Waals surface area contributed by atoms with Crippen LogP contribution in [0.15, 0.2) is 48.5 Å². The molecule has 0 unspecified atom stereocenters. The van der Waals surface area contributed by atoms with Gasteiger partial charge in [0.1, 0.15) is 11.5 Å². The van der Waals surface area contributed by atoms with Gasteiger partial charge in [0.05, 0.1) is 0 Å². The highest BCUT2D eigenvalue weighted by Gasteiger charge is 2.22. The third kappa shape index (κ3) is 4.07. The predicted molar refractivity (Wildman–Crippen MR) is 84.9 cm³/mol. The lowest BCUT2D eigenvalue weighted by Gasteiger charge is -2.21. The fourth-order valence-electron chi connectivity index (χ4n) is 1.70. The third-order valence-electron chi connectivity index (χ3n) is 2.64. The van der Waals surface area contributed by atoms with E-state index in [1.54, 1.807) is 0 Å². The van der Waals surface area contributed by atoms with Crippen molar-refractivity contribution >= 4 is 18.5 Å². The lowest BCUT2D eigenvalue weighted by molar-refractivity contribution is 0.319. The van der Waals surface area contributed by atoms with Gasteiger partial charge in [-0.2, -0.15) is 0 Å². The molecule has 0 N–H and O–H groups in total. The van der Waals surface area contributed by atoms with Gasteiger partial charge in [0.2, 0.25) is 0 Å². The quantitative estimate of drug-likeness (QED) is 0.753. The van der Waals surface area contributed by atoms with Crippen LogP contribution in [0.25, 0.3) is 0 Å². The highest BCUT2D eigenvalue weighted by atomic mass is 32.5. The van der Waals surface area contributed by atoms with Gasteiger partial charge in [0.25, 0.3) is 0 Å². The van der Waals surface area contributed by atoms with Gasteiger partial charge in [-0.3, -0.25) is 4.52 Å². The highest BCUT2D eigenvalue weighted by Crippen LogP contribution is 2.49. The molecule has 0 atom stereocenters. The molecule has 0 bridgehead atoms. The maximum atomic E-state index is 5.76.